The van der Waals surface area contributed by atoms with E-state index in [1.807, 2.05) is 64.1 Å². The van der Waals surface area contributed by atoms with Gasteiger partial charge in [0.05, 0.1) is 0 Å². The summed E-state index contributed by atoms with van der Waals surface area (Å²) in [5.74, 6) is 0. The molecule has 0 amide bonds. The molecule has 0 aliphatic rings. The molecule has 0 bridgehead atoms. The molecule has 2 N–H and O–H groups in total. The minimum absolute atomic E-state index is 0. The van der Waals surface area contributed by atoms with Crippen LogP contribution in [0.15, 0.2) is 42.6 Å². The molecule has 2 aromatic rings. The molecule has 3 heteroatoms. The van der Waals surface area contributed by atoms with Crippen LogP contribution in [-0.2, 0) is 21.1 Å². The van der Waals surface area contributed by atoms with E-state index >= 15 is 0 Å². The van der Waals surface area contributed by atoms with Crippen LogP contribution in [0.1, 0.15) is 27.7 Å². The van der Waals surface area contributed by atoms with Gasteiger partial charge >= 0.3 is 0 Å². The first-order chi connectivity index (χ1) is 8.38. The van der Waals surface area contributed by atoms with Gasteiger partial charge in [-0.25, -0.2) is 0 Å². The fourth-order valence-electron chi connectivity index (χ4n) is 1.18. The van der Waals surface area contributed by atoms with Gasteiger partial charge in [-0.1, -0.05) is 45.5 Å². The van der Waals surface area contributed by atoms with Gasteiger partial charge < -0.3 is 25.6 Å². The predicted molar refractivity (Wildman–Crippen MR) is 88.4 cm³/mol. The van der Waals surface area contributed by atoms with Crippen molar-refractivity contribution in [2.24, 2.45) is 0 Å². The Labute approximate surface area is 140 Å². The summed E-state index contributed by atoms with van der Waals surface area (Å²) in [5, 5.41) is 0. The molecule has 0 spiro atoms. The van der Waals surface area contributed by atoms with Gasteiger partial charge in [-0.15, -0.1) is 29.8 Å². The molecule has 0 aliphatic carbocycles. The zero-order chi connectivity index (χ0) is 13.1. The molecule has 1 aromatic carbocycles. The maximum Gasteiger partial charge on any atom is 0.0160 e. The number of pyridine rings is 1. The third-order valence-corrected chi connectivity index (χ3v) is 1.81. The molecule has 2 rings (SSSR count). The van der Waals surface area contributed by atoms with Crippen molar-refractivity contribution in [3.63, 3.8) is 0 Å². The van der Waals surface area contributed by atoms with Gasteiger partial charge in [0, 0.05) is 27.3 Å². The molecule has 0 fully saturated rings. The molecule has 0 aliphatic heterocycles. The van der Waals surface area contributed by atoms with Crippen LogP contribution in [0, 0.1) is 20.9 Å². The van der Waals surface area contributed by atoms with E-state index in [0.29, 0.717) is 5.69 Å². The zero-order valence-electron chi connectivity index (χ0n) is 13.4. The van der Waals surface area contributed by atoms with Gasteiger partial charge in [0.1, 0.15) is 0 Å². The number of benzene rings is 1. The molecule has 0 radical (unpaired) electrons. The summed E-state index contributed by atoms with van der Waals surface area (Å²) in [4.78, 5) is 4.20. The van der Waals surface area contributed by atoms with E-state index in [2.05, 4.69) is 11.1 Å². The number of rotatable bonds is 1. The summed E-state index contributed by atoms with van der Waals surface area (Å²) in [6, 6.07) is 14.3. The van der Waals surface area contributed by atoms with Crippen molar-refractivity contribution < 1.29 is 21.1 Å². The molecule has 0 atom stereocenters. The van der Waals surface area contributed by atoms with Crippen LogP contribution in [0.5, 0.6) is 0 Å². The Morgan fingerprint density at radius 1 is 0.950 bits per heavy atom. The van der Waals surface area contributed by atoms with Crippen molar-refractivity contribution in [2.45, 2.75) is 27.7 Å². The maximum atomic E-state index is 5.78. The SMILES string of the molecule is CC.CC.Nc1ccc[c-]c1-c1ccccn1.[CH3-].[CH3-].[Pt]. The molecule has 0 saturated heterocycles. The summed E-state index contributed by atoms with van der Waals surface area (Å²) in [6.07, 6.45) is 1.75. The number of hydrogen-bond donors (Lipinski definition) is 1. The minimum Gasteiger partial charge on any atom is -0.437 e. The Morgan fingerprint density at radius 3 is 2.00 bits per heavy atom. The Kier molecular flexibility index (Phi) is 24.3. The van der Waals surface area contributed by atoms with Crippen molar-refractivity contribution in [2.75, 3.05) is 5.73 Å². The normalized spacial score (nSPS) is 7.00. The Morgan fingerprint density at radius 2 is 1.55 bits per heavy atom. The van der Waals surface area contributed by atoms with E-state index < -0.39 is 0 Å². The van der Waals surface area contributed by atoms with Crippen LogP contribution in [0.25, 0.3) is 11.3 Å². The van der Waals surface area contributed by atoms with E-state index in [4.69, 9.17) is 5.73 Å². The fraction of sp³-hybridized carbons (Fsp3) is 0.235. The summed E-state index contributed by atoms with van der Waals surface area (Å²) in [6.45, 7) is 8.00. The quantitative estimate of drug-likeness (QED) is 0.482. The fourth-order valence-corrected chi connectivity index (χ4v) is 1.18. The van der Waals surface area contributed by atoms with Crippen molar-refractivity contribution >= 4 is 5.69 Å². The number of hydrogen-bond acceptors (Lipinski definition) is 2. The van der Waals surface area contributed by atoms with Gasteiger partial charge in [0.25, 0.3) is 0 Å². The van der Waals surface area contributed by atoms with Gasteiger partial charge in [0.15, 0.2) is 0 Å². The Balaban J connectivity index is -0.000000169. The van der Waals surface area contributed by atoms with E-state index in [1.54, 1.807) is 6.20 Å². The van der Waals surface area contributed by atoms with Crippen LogP contribution in [-0.4, -0.2) is 4.98 Å². The van der Waals surface area contributed by atoms with E-state index in [9.17, 15) is 0 Å². The molecule has 1 aromatic heterocycles. The Hall–Kier alpha value is -1.14. The monoisotopic (exact) mass is 454 g/mol. The third kappa shape index (κ3) is 8.87. The first-order valence-electron chi connectivity index (χ1n) is 6.05. The number of nitrogens with zero attached hydrogens (tertiary/aromatic N) is 1. The van der Waals surface area contributed by atoms with Gasteiger partial charge in [-0.2, -0.15) is 0 Å². The van der Waals surface area contributed by atoms with Crippen molar-refractivity contribution in [1.82, 2.24) is 4.98 Å². The van der Waals surface area contributed by atoms with E-state index in [1.165, 1.54) is 0 Å². The third-order valence-electron chi connectivity index (χ3n) is 1.81. The molecular weight excluding hydrogens is 427 g/mol. The van der Waals surface area contributed by atoms with E-state index in [-0.39, 0.29) is 35.9 Å². The summed E-state index contributed by atoms with van der Waals surface area (Å²) < 4.78 is 0. The number of aromatic nitrogens is 1. The zero-order valence-corrected chi connectivity index (χ0v) is 15.7. The van der Waals surface area contributed by atoms with E-state index in [0.717, 1.165) is 11.3 Å². The molecule has 0 unspecified atom stereocenters. The smallest absolute Gasteiger partial charge is 0.0160 e. The van der Waals surface area contributed by atoms with Crippen LogP contribution in [0.4, 0.5) is 5.69 Å². The van der Waals surface area contributed by atoms with Crippen molar-refractivity contribution in [1.29, 1.82) is 0 Å². The predicted octanol–water partition coefficient (Wildman–Crippen LogP) is 5.08. The minimum atomic E-state index is 0. The first-order valence-corrected chi connectivity index (χ1v) is 6.05. The first kappa shape index (κ1) is 27.2. The molecule has 1 heterocycles. The molecule has 2 nitrogen and oxygen atoms in total. The molecule has 118 valence electrons. The average Bonchev–Trinajstić information content (AvgIpc) is 2.45. The topological polar surface area (TPSA) is 38.9 Å². The van der Waals surface area contributed by atoms with Gasteiger partial charge in [-0.05, 0) is 11.8 Å². The van der Waals surface area contributed by atoms with Crippen LogP contribution in [0.2, 0.25) is 0 Å². The molecule has 20 heavy (non-hydrogen) atoms. The number of nitrogens with two attached hydrogens (primary N) is 1. The standard InChI is InChI=1S/C11H9N2.2C2H6.2CH3.Pt/c12-10-6-2-1-5-9(10)11-7-3-4-8-13-11;2*1-2;;;/h1-4,6-8H,12H2;2*1-2H3;2*1H3;/q-1;;;2*-1;. The van der Waals surface area contributed by atoms with Gasteiger partial charge in [-0.3, -0.25) is 0 Å². The molecule has 0 saturated carbocycles. The number of nitrogen functional groups attached to an aromatic ring is 1. The maximum absolute atomic E-state index is 5.78. The average molecular weight is 454 g/mol. The second-order valence-electron chi connectivity index (χ2n) is 2.72. The van der Waals surface area contributed by atoms with Crippen LogP contribution < -0.4 is 5.73 Å². The Bertz CT molecular complexity index is 403. The van der Waals surface area contributed by atoms with Gasteiger partial charge in [0.2, 0.25) is 0 Å². The summed E-state index contributed by atoms with van der Waals surface area (Å²) in [5.41, 5.74) is 8.22. The van der Waals surface area contributed by atoms with Crippen LogP contribution in [0.3, 0.4) is 0 Å². The van der Waals surface area contributed by atoms with Crippen molar-refractivity contribution in [3.8, 4) is 11.3 Å². The summed E-state index contributed by atoms with van der Waals surface area (Å²) >= 11 is 0. The van der Waals surface area contributed by atoms with Crippen LogP contribution >= 0.6 is 0 Å². The second-order valence-corrected chi connectivity index (χ2v) is 2.72. The second kappa shape index (κ2) is 17.9. The van der Waals surface area contributed by atoms with Crippen molar-refractivity contribution in [3.05, 3.63) is 63.5 Å². The summed E-state index contributed by atoms with van der Waals surface area (Å²) in [7, 11) is 0. The largest absolute Gasteiger partial charge is 0.437 e. The molecular formula is C17H27N2Pt-3. The number of anilines is 1.